The summed E-state index contributed by atoms with van der Waals surface area (Å²) in [6.07, 6.45) is 0. The molecule has 0 radical (unpaired) electrons. The first kappa shape index (κ1) is 17.5. The van der Waals surface area contributed by atoms with Crippen molar-refractivity contribution in [1.29, 1.82) is 0 Å². The summed E-state index contributed by atoms with van der Waals surface area (Å²) in [5, 5.41) is 2.49. The number of carbonyl (C=O) groups is 2. The van der Waals surface area contributed by atoms with Crippen LogP contribution in [0.3, 0.4) is 0 Å². The maximum absolute atomic E-state index is 11.9. The van der Waals surface area contributed by atoms with Gasteiger partial charge in [-0.2, -0.15) is 0 Å². The molecule has 1 heterocycles. The fourth-order valence-corrected chi connectivity index (χ4v) is 2.10. The number of ether oxygens (including phenoxy) is 1. The van der Waals surface area contributed by atoms with Gasteiger partial charge >= 0.3 is 13.1 Å². The van der Waals surface area contributed by atoms with Crippen molar-refractivity contribution in [2.75, 3.05) is 13.7 Å². The lowest BCUT2D eigenvalue weighted by Gasteiger charge is -2.32. The maximum atomic E-state index is 11.9. The van der Waals surface area contributed by atoms with Crippen LogP contribution in [0.25, 0.3) is 0 Å². The highest BCUT2D eigenvalue weighted by Gasteiger charge is 2.51. The quantitative estimate of drug-likeness (QED) is 0.659. The van der Waals surface area contributed by atoms with Gasteiger partial charge in [-0.25, -0.2) is 0 Å². The Balaban J connectivity index is 2.03. The summed E-state index contributed by atoms with van der Waals surface area (Å²) in [6.45, 7) is 7.79. The van der Waals surface area contributed by atoms with Crippen LogP contribution >= 0.6 is 0 Å². The van der Waals surface area contributed by atoms with Crippen LogP contribution in [-0.4, -0.2) is 43.9 Å². The highest BCUT2D eigenvalue weighted by molar-refractivity contribution is 6.62. The number of hydrogen-bond acceptors (Lipinski definition) is 5. The fraction of sp³-hybridized carbons (Fsp3) is 0.500. The molecule has 1 aliphatic heterocycles. The highest BCUT2D eigenvalue weighted by Crippen LogP contribution is 2.36. The molecular formula is C16H22BNO5. The van der Waals surface area contributed by atoms with E-state index >= 15 is 0 Å². The molecule has 6 nitrogen and oxygen atoms in total. The third kappa shape index (κ3) is 3.73. The van der Waals surface area contributed by atoms with Gasteiger partial charge in [0.15, 0.2) is 0 Å². The van der Waals surface area contributed by atoms with E-state index in [0.29, 0.717) is 5.56 Å². The zero-order valence-electron chi connectivity index (χ0n) is 14.1. The largest absolute Gasteiger partial charge is 0.494 e. The second-order valence-electron chi connectivity index (χ2n) is 6.47. The number of benzene rings is 1. The minimum absolute atomic E-state index is 0.158. The van der Waals surface area contributed by atoms with Gasteiger partial charge in [0.05, 0.1) is 18.3 Å². The van der Waals surface area contributed by atoms with E-state index in [9.17, 15) is 9.59 Å². The van der Waals surface area contributed by atoms with Crippen molar-refractivity contribution < 1.29 is 23.6 Å². The minimum atomic E-state index is -0.493. The molecule has 2 rings (SSSR count). The van der Waals surface area contributed by atoms with Gasteiger partial charge in [0.2, 0.25) is 0 Å². The van der Waals surface area contributed by atoms with Crippen molar-refractivity contribution >= 4 is 24.5 Å². The molecule has 7 heteroatoms. The standard InChI is InChI=1S/C16H22BNO5/c1-15(2)16(3,4)23-17(22-15)12-8-6-11(7-9-12)14(20)18-10-13(19)21-5/h6-9H,10H2,1-5H3,(H,18,20). The van der Waals surface area contributed by atoms with Crippen LogP contribution in [0.1, 0.15) is 38.1 Å². The molecule has 0 saturated carbocycles. The van der Waals surface area contributed by atoms with Crippen molar-refractivity contribution in [3.8, 4) is 0 Å². The number of carbonyl (C=O) groups excluding carboxylic acids is 2. The molecule has 0 atom stereocenters. The highest BCUT2D eigenvalue weighted by atomic mass is 16.7. The summed E-state index contributed by atoms with van der Waals surface area (Å²) >= 11 is 0. The summed E-state index contributed by atoms with van der Waals surface area (Å²) in [4.78, 5) is 22.9. The van der Waals surface area contributed by atoms with E-state index in [1.807, 2.05) is 27.7 Å². The lowest BCUT2D eigenvalue weighted by molar-refractivity contribution is -0.139. The van der Waals surface area contributed by atoms with Gasteiger partial charge in [0, 0.05) is 5.56 Å². The molecule has 1 aromatic rings. The van der Waals surface area contributed by atoms with E-state index in [-0.39, 0.29) is 12.5 Å². The fourth-order valence-electron chi connectivity index (χ4n) is 2.10. The van der Waals surface area contributed by atoms with Gasteiger partial charge in [0.1, 0.15) is 6.54 Å². The zero-order valence-corrected chi connectivity index (χ0v) is 14.1. The predicted molar refractivity (Wildman–Crippen MR) is 86.5 cm³/mol. The molecule has 124 valence electrons. The number of rotatable bonds is 4. The molecule has 0 aliphatic carbocycles. The first-order chi connectivity index (χ1) is 10.7. The van der Waals surface area contributed by atoms with Crippen molar-refractivity contribution in [3.63, 3.8) is 0 Å². The van der Waals surface area contributed by atoms with E-state index in [4.69, 9.17) is 9.31 Å². The second-order valence-corrected chi connectivity index (χ2v) is 6.47. The first-order valence-corrected chi connectivity index (χ1v) is 7.47. The van der Waals surface area contributed by atoms with Crippen molar-refractivity contribution in [3.05, 3.63) is 29.8 Å². The van der Waals surface area contributed by atoms with Gasteiger partial charge in [-0.3, -0.25) is 9.59 Å². The Labute approximate surface area is 136 Å². The van der Waals surface area contributed by atoms with Gasteiger partial charge in [-0.1, -0.05) is 12.1 Å². The Bertz CT molecular complexity index is 581. The van der Waals surface area contributed by atoms with Crippen LogP contribution in [0, 0.1) is 0 Å². The number of esters is 1. The first-order valence-electron chi connectivity index (χ1n) is 7.47. The van der Waals surface area contributed by atoms with Gasteiger partial charge < -0.3 is 19.4 Å². The molecule has 0 bridgehead atoms. The lowest BCUT2D eigenvalue weighted by Crippen LogP contribution is -2.41. The van der Waals surface area contributed by atoms with Crippen LogP contribution in [0.2, 0.25) is 0 Å². The van der Waals surface area contributed by atoms with Gasteiger partial charge in [-0.05, 0) is 45.3 Å². The molecule has 1 N–H and O–H groups in total. The summed E-state index contributed by atoms with van der Waals surface area (Å²) < 4.78 is 16.4. The molecule has 1 aliphatic rings. The normalized spacial score (nSPS) is 18.6. The molecular weight excluding hydrogens is 297 g/mol. The Hall–Kier alpha value is -1.86. The summed E-state index contributed by atoms with van der Waals surface area (Å²) in [5.41, 5.74) is 0.477. The molecule has 1 amide bonds. The smallest absolute Gasteiger partial charge is 0.468 e. The average molecular weight is 319 g/mol. The van der Waals surface area contributed by atoms with Gasteiger partial charge in [-0.15, -0.1) is 0 Å². The van der Waals surface area contributed by atoms with Crippen molar-refractivity contribution in [1.82, 2.24) is 5.32 Å². The second kappa shape index (κ2) is 6.33. The predicted octanol–water partition coefficient (Wildman–Crippen LogP) is 0.889. The topological polar surface area (TPSA) is 73.9 Å². The van der Waals surface area contributed by atoms with Crippen LogP contribution in [0.15, 0.2) is 24.3 Å². The van der Waals surface area contributed by atoms with Crippen LogP contribution < -0.4 is 10.8 Å². The molecule has 23 heavy (non-hydrogen) atoms. The molecule has 0 aromatic heterocycles. The maximum Gasteiger partial charge on any atom is 0.494 e. The summed E-state index contributed by atoms with van der Waals surface area (Å²) in [5.74, 6) is -0.831. The Kier molecular flexibility index (Phi) is 4.82. The summed E-state index contributed by atoms with van der Waals surface area (Å²) in [7, 11) is 0.806. The summed E-state index contributed by atoms with van der Waals surface area (Å²) in [6, 6.07) is 6.92. The monoisotopic (exact) mass is 319 g/mol. The molecule has 1 saturated heterocycles. The molecule has 0 unspecified atom stereocenters. The van der Waals surface area contributed by atoms with E-state index in [1.54, 1.807) is 24.3 Å². The van der Waals surface area contributed by atoms with Gasteiger partial charge in [0.25, 0.3) is 5.91 Å². The number of amides is 1. The number of methoxy groups -OCH3 is 1. The minimum Gasteiger partial charge on any atom is -0.468 e. The third-order valence-corrected chi connectivity index (χ3v) is 4.32. The molecule has 1 aromatic carbocycles. The van der Waals surface area contributed by atoms with E-state index < -0.39 is 24.3 Å². The number of hydrogen-bond donors (Lipinski definition) is 1. The van der Waals surface area contributed by atoms with E-state index in [0.717, 1.165) is 5.46 Å². The zero-order chi connectivity index (χ0) is 17.3. The number of nitrogens with one attached hydrogen (secondary N) is 1. The molecule has 1 fully saturated rings. The third-order valence-electron chi connectivity index (χ3n) is 4.32. The average Bonchev–Trinajstić information content (AvgIpc) is 2.73. The van der Waals surface area contributed by atoms with E-state index in [2.05, 4.69) is 10.1 Å². The van der Waals surface area contributed by atoms with Crippen LogP contribution in [0.4, 0.5) is 0 Å². The Morgan fingerprint density at radius 3 is 2.09 bits per heavy atom. The van der Waals surface area contributed by atoms with E-state index in [1.165, 1.54) is 7.11 Å². The van der Waals surface area contributed by atoms with Crippen LogP contribution in [0.5, 0.6) is 0 Å². The Morgan fingerprint density at radius 2 is 1.61 bits per heavy atom. The Morgan fingerprint density at radius 1 is 1.09 bits per heavy atom. The van der Waals surface area contributed by atoms with Crippen LogP contribution in [-0.2, 0) is 18.8 Å². The lowest BCUT2D eigenvalue weighted by atomic mass is 9.79. The molecule has 0 spiro atoms. The van der Waals surface area contributed by atoms with Crippen molar-refractivity contribution in [2.24, 2.45) is 0 Å². The SMILES string of the molecule is COC(=O)CNC(=O)c1ccc(B2OC(C)(C)C(C)(C)O2)cc1. The van der Waals surface area contributed by atoms with Crippen molar-refractivity contribution in [2.45, 2.75) is 38.9 Å².